The first-order valence-electron chi connectivity index (χ1n) is 6.29. The molecule has 112 valence electrons. The number of amides is 1. The molecule has 0 spiro atoms. The summed E-state index contributed by atoms with van der Waals surface area (Å²) in [6.07, 6.45) is 0.751. The lowest BCUT2D eigenvalue weighted by Gasteiger charge is -2.24. The summed E-state index contributed by atoms with van der Waals surface area (Å²) in [6, 6.07) is 3.78. The zero-order chi connectivity index (χ0) is 15.5. The SMILES string of the molecule is CC(C)(C)CC(CN)C(=O)Nc1c(Br)cc(Br)cc1Br. The van der Waals surface area contributed by atoms with E-state index in [1.807, 2.05) is 12.1 Å². The van der Waals surface area contributed by atoms with Crippen molar-refractivity contribution in [2.24, 2.45) is 17.1 Å². The predicted molar refractivity (Wildman–Crippen MR) is 94.8 cm³/mol. The Hall–Kier alpha value is 0.0900. The summed E-state index contributed by atoms with van der Waals surface area (Å²) < 4.78 is 2.57. The molecule has 1 rings (SSSR count). The van der Waals surface area contributed by atoms with Crippen LogP contribution in [-0.4, -0.2) is 12.5 Å². The molecule has 1 amide bonds. The van der Waals surface area contributed by atoms with Crippen LogP contribution in [0.1, 0.15) is 27.2 Å². The van der Waals surface area contributed by atoms with E-state index >= 15 is 0 Å². The van der Waals surface area contributed by atoms with Gasteiger partial charge in [0.1, 0.15) is 0 Å². The molecule has 0 saturated heterocycles. The Balaban J connectivity index is 2.89. The second-order valence-electron chi connectivity index (χ2n) is 5.93. The number of anilines is 1. The maximum atomic E-state index is 12.4. The van der Waals surface area contributed by atoms with E-state index < -0.39 is 0 Å². The third-order valence-electron chi connectivity index (χ3n) is 2.77. The maximum absolute atomic E-state index is 12.4. The number of rotatable bonds is 4. The number of nitrogens with two attached hydrogens (primary N) is 1. The number of carbonyl (C=O) groups is 1. The predicted octanol–water partition coefficient (Wildman–Crippen LogP) is 4.92. The fourth-order valence-corrected chi connectivity index (χ4v) is 4.37. The zero-order valence-corrected chi connectivity index (χ0v) is 16.5. The van der Waals surface area contributed by atoms with Crippen molar-refractivity contribution in [2.45, 2.75) is 27.2 Å². The molecule has 3 N–H and O–H groups in total. The lowest BCUT2D eigenvalue weighted by Crippen LogP contribution is -2.32. The minimum Gasteiger partial charge on any atom is -0.330 e. The second-order valence-corrected chi connectivity index (χ2v) is 8.56. The molecule has 20 heavy (non-hydrogen) atoms. The van der Waals surface area contributed by atoms with E-state index in [-0.39, 0.29) is 17.2 Å². The maximum Gasteiger partial charge on any atom is 0.228 e. The average molecular weight is 471 g/mol. The lowest BCUT2D eigenvalue weighted by atomic mass is 9.84. The van der Waals surface area contributed by atoms with Gasteiger partial charge in [-0.25, -0.2) is 0 Å². The van der Waals surface area contributed by atoms with Crippen LogP contribution in [-0.2, 0) is 4.79 Å². The average Bonchev–Trinajstić information content (AvgIpc) is 2.29. The van der Waals surface area contributed by atoms with Gasteiger partial charge in [0.25, 0.3) is 0 Å². The largest absolute Gasteiger partial charge is 0.330 e. The Morgan fingerprint density at radius 2 is 1.75 bits per heavy atom. The number of carbonyl (C=O) groups excluding carboxylic acids is 1. The molecule has 3 nitrogen and oxygen atoms in total. The summed E-state index contributed by atoms with van der Waals surface area (Å²) in [5.74, 6) is -0.247. The molecule has 0 fully saturated rings. The van der Waals surface area contributed by atoms with E-state index in [9.17, 15) is 4.79 Å². The highest BCUT2D eigenvalue weighted by molar-refractivity contribution is 9.11. The van der Waals surface area contributed by atoms with E-state index in [0.29, 0.717) is 6.54 Å². The van der Waals surface area contributed by atoms with Crippen LogP contribution in [0.2, 0.25) is 0 Å². The molecule has 1 unspecified atom stereocenters. The molecular formula is C14H19Br3N2O. The van der Waals surface area contributed by atoms with Crippen LogP contribution < -0.4 is 11.1 Å². The quantitative estimate of drug-likeness (QED) is 0.656. The van der Waals surface area contributed by atoms with Crippen LogP contribution >= 0.6 is 47.8 Å². The third-order valence-corrected chi connectivity index (χ3v) is 4.48. The standard InChI is InChI=1S/C14H19Br3N2O/c1-14(2,3)6-8(7-18)13(20)19-12-10(16)4-9(15)5-11(12)17/h4-5,8H,6-7,18H2,1-3H3,(H,19,20). The molecule has 0 aliphatic heterocycles. The highest BCUT2D eigenvalue weighted by Crippen LogP contribution is 2.35. The van der Waals surface area contributed by atoms with Crippen molar-refractivity contribution in [1.82, 2.24) is 0 Å². The van der Waals surface area contributed by atoms with Gasteiger partial charge in [-0.3, -0.25) is 4.79 Å². The van der Waals surface area contributed by atoms with Crippen molar-refractivity contribution in [3.63, 3.8) is 0 Å². The molecule has 0 aliphatic rings. The van der Waals surface area contributed by atoms with Gasteiger partial charge in [-0.15, -0.1) is 0 Å². The van der Waals surface area contributed by atoms with Crippen LogP contribution in [0.15, 0.2) is 25.6 Å². The third kappa shape index (κ3) is 5.47. The summed E-state index contributed by atoms with van der Waals surface area (Å²) in [5.41, 5.74) is 6.54. The Morgan fingerprint density at radius 3 is 2.15 bits per heavy atom. The minimum absolute atomic E-state index is 0.0499. The topological polar surface area (TPSA) is 55.1 Å². The molecule has 1 atom stereocenters. The van der Waals surface area contributed by atoms with Crippen LogP contribution in [0, 0.1) is 11.3 Å². The fourth-order valence-electron chi connectivity index (χ4n) is 1.91. The number of hydrogen-bond donors (Lipinski definition) is 2. The van der Waals surface area contributed by atoms with E-state index in [4.69, 9.17) is 5.73 Å². The number of nitrogens with one attached hydrogen (secondary N) is 1. The number of hydrogen-bond acceptors (Lipinski definition) is 2. The van der Waals surface area contributed by atoms with Gasteiger partial charge in [-0.1, -0.05) is 36.7 Å². The smallest absolute Gasteiger partial charge is 0.228 e. The van der Waals surface area contributed by atoms with Crippen molar-refractivity contribution < 1.29 is 4.79 Å². The molecule has 0 radical (unpaired) electrons. The molecule has 0 aromatic heterocycles. The summed E-state index contributed by atoms with van der Waals surface area (Å²) >= 11 is 10.3. The first-order chi connectivity index (χ1) is 9.14. The van der Waals surface area contributed by atoms with Gasteiger partial charge in [0.05, 0.1) is 11.6 Å². The van der Waals surface area contributed by atoms with Gasteiger partial charge in [0.15, 0.2) is 0 Å². The fraction of sp³-hybridized carbons (Fsp3) is 0.500. The van der Waals surface area contributed by atoms with Crippen molar-refractivity contribution in [3.8, 4) is 0 Å². The summed E-state index contributed by atoms with van der Waals surface area (Å²) in [4.78, 5) is 12.4. The van der Waals surface area contributed by atoms with E-state index in [0.717, 1.165) is 25.5 Å². The Kier molecular flexibility index (Phi) is 6.70. The van der Waals surface area contributed by atoms with Gasteiger partial charge >= 0.3 is 0 Å². The van der Waals surface area contributed by atoms with Gasteiger partial charge in [-0.2, -0.15) is 0 Å². The Labute approximate surface area is 145 Å². The van der Waals surface area contributed by atoms with Crippen LogP contribution in [0.5, 0.6) is 0 Å². The van der Waals surface area contributed by atoms with Gasteiger partial charge < -0.3 is 11.1 Å². The minimum atomic E-state index is -0.197. The normalized spacial score (nSPS) is 13.2. The van der Waals surface area contributed by atoms with Crippen molar-refractivity contribution in [2.75, 3.05) is 11.9 Å². The molecule has 1 aromatic carbocycles. The first-order valence-corrected chi connectivity index (χ1v) is 8.67. The van der Waals surface area contributed by atoms with Crippen molar-refractivity contribution >= 4 is 59.4 Å². The van der Waals surface area contributed by atoms with Gasteiger partial charge in [0, 0.05) is 20.0 Å². The second kappa shape index (κ2) is 7.38. The summed E-state index contributed by atoms with van der Waals surface area (Å²) in [5, 5.41) is 2.95. The monoisotopic (exact) mass is 468 g/mol. The van der Waals surface area contributed by atoms with E-state index in [1.54, 1.807) is 0 Å². The van der Waals surface area contributed by atoms with E-state index in [1.165, 1.54) is 0 Å². The Morgan fingerprint density at radius 1 is 1.25 bits per heavy atom. The highest BCUT2D eigenvalue weighted by Gasteiger charge is 2.24. The molecule has 0 aliphatic carbocycles. The van der Waals surface area contributed by atoms with Gasteiger partial charge in [-0.05, 0) is 55.8 Å². The van der Waals surface area contributed by atoms with Gasteiger partial charge in [0.2, 0.25) is 5.91 Å². The highest BCUT2D eigenvalue weighted by atomic mass is 79.9. The lowest BCUT2D eigenvalue weighted by molar-refractivity contribution is -0.120. The summed E-state index contributed by atoms with van der Waals surface area (Å²) in [6.45, 7) is 6.66. The molecule has 0 saturated carbocycles. The molecule has 0 heterocycles. The number of benzene rings is 1. The Bertz CT molecular complexity index is 475. The molecule has 1 aromatic rings. The summed E-state index contributed by atoms with van der Waals surface area (Å²) in [7, 11) is 0. The molecule has 6 heteroatoms. The molecular weight excluding hydrogens is 452 g/mol. The van der Waals surface area contributed by atoms with E-state index in [2.05, 4.69) is 73.9 Å². The van der Waals surface area contributed by atoms with Crippen LogP contribution in [0.3, 0.4) is 0 Å². The van der Waals surface area contributed by atoms with Crippen LogP contribution in [0.4, 0.5) is 5.69 Å². The zero-order valence-electron chi connectivity index (χ0n) is 11.8. The van der Waals surface area contributed by atoms with Crippen molar-refractivity contribution in [3.05, 3.63) is 25.6 Å². The number of halogens is 3. The van der Waals surface area contributed by atoms with Crippen LogP contribution in [0.25, 0.3) is 0 Å². The molecule has 0 bridgehead atoms. The van der Waals surface area contributed by atoms with Crippen molar-refractivity contribution in [1.29, 1.82) is 0 Å². The first kappa shape index (κ1) is 18.1.